The third-order valence-electron chi connectivity index (χ3n) is 2.08. The highest BCUT2D eigenvalue weighted by molar-refractivity contribution is 5.85. The number of ketones is 1. The van der Waals surface area contributed by atoms with E-state index in [9.17, 15) is 9.59 Å². The van der Waals surface area contributed by atoms with E-state index < -0.39 is 12.2 Å². The van der Waals surface area contributed by atoms with Gasteiger partial charge in [-0.1, -0.05) is 0 Å². The van der Waals surface area contributed by atoms with Crippen molar-refractivity contribution in [2.45, 2.75) is 32.5 Å². The zero-order valence-corrected chi connectivity index (χ0v) is 8.40. The van der Waals surface area contributed by atoms with Crippen LogP contribution in [0, 0.1) is 0 Å². The summed E-state index contributed by atoms with van der Waals surface area (Å²) in [7, 11) is 0. The minimum absolute atomic E-state index is 0.00352. The number of ether oxygens (including phenoxy) is 1. The standard InChI is InChI=1S/C9H15NO4/c1-6(2)14-8-5-10(9(12)13)4-3-7(8)11/h6,8H,3-5H2,1-2H3,(H,12,13). The number of hydrogen-bond acceptors (Lipinski definition) is 3. The highest BCUT2D eigenvalue weighted by atomic mass is 16.5. The minimum atomic E-state index is -0.991. The van der Waals surface area contributed by atoms with Crippen molar-refractivity contribution in [3.05, 3.63) is 0 Å². The molecule has 0 spiro atoms. The number of carboxylic acid groups (broad SMARTS) is 1. The van der Waals surface area contributed by atoms with E-state index in [2.05, 4.69) is 0 Å². The summed E-state index contributed by atoms with van der Waals surface area (Å²) in [6.07, 6.45) is -1.38. The van der Waals surface area contributed by atoms with Gasteiger partial charge < -0.3 is 14.7 Å². The average molecular weight is 201 g/mol. The van der Waals surface area contributed by atoms with E-state index in [1.807, 2.05) is 13.8 Å². The Morgan fingerprint density at radius 1 is 1.64 bits per heavy atom. The summed E-state index contributed by atoms with van der Waals surface area (Å²) in [5, 5.41) is 8.74. The molecule has 14 heavy (non-hydrogen) atoms. The zero-order valence-electron chi connectivity index (χ0n) is 8.40. The van der Waals surface area contributed by atoms with Crippen molar-refractivity contribution in [3.63, 3.8) is 0 Å². The molecule has 1 heterocycles. The van der Waals surface area contributed by atoms with Crippen LogP contribution in [0.25, 0.3) is 0 Å². The van der Waals surface area contributed by atoms with Crippen molar-refractivity contribution < 1.29 is 19.4 Å². The van der Waals surface area contributed by atoms with Crippen LogP contribution >= 0.6 is 0 Å². The summed E-state index contributed by atoms with van der Waals surface area (Å²) < 4.78 is 5.33. The van der Waals surface area contributed by atoms with Crippen molar-refractivity contribution in [2.24, 2.45) is 0 Å². The summed E-state index contributed by atoms with van der Waals surface area (Å²) in [5.74, 6) is -0.00352. The molecule has 0 saturated carbocycles. The average Bonchev–Trinajstić information content (AvgIpc) is 2.07. The first-order chi connectivity index (χ1) is 6.50. The second-order valence-corrected chi connectivity index (χ2v) is 3.62. The van der Waals surface area contributed by atoms with Gasteiger partial charge in [0.25, 0.3) is 0 Å². The zero-order chi connectivity index (χ0) is 10.7. The number of carbonyl (C=O) groups excluding carboxylic acids is 1. The maximum Gasteiger partial charge on any atom is 0.407 e. The molecule has 1 amide bonds. The minimum Gasteiger partial charge on any atom is -0.465 e. The van der Waals surface area contributed by atoms with Crippen LogP contribution in [0.5, 0.6) is 0 Å². The summed E-state index contributed by atoms with van der Waals surface area (Å²) in [5.41, 5.74) is 0. The summed E-state index contributed by atoms with van der Waals surface area (Å²) in [6, 6.07) is 0. The molecule has 1 rings (SSSR count). The number of Topliss-reactive ketones (excluding diaryl/α,β-unsaturated/α-hetero) is 1. The molecule has 5 heteroatoms. The lowest BCUT2D eigenvalue weighted by Gasteiger charge is -2.30. The first-order valence-electron chi connectivity index (χ1n) is 4.66. The quantitative estimate of drug-likeness (QED) is 0.715. The fourth-order valence-corrected chi connectivity index (χ4v) is 1.42. The number of amides is 1. The predicted octanol–water partition coefficient (Wildman–Crippen LogP) is 0.733. The highest BCUT2D eigenvalue weighted by Gasteiger charge is 2.30. The Bertz CT molecular complexity index is 239. The molecule has 1 N–H and O–H groups in total. The van der Waals surface area contributed by atoms with E-state index in [1.54, 1.807) is 0 Å². The van der Waals surface area contributed by atoms with E-state index in [1.165, 1.54) is 4.90 Å². The molecule has 1 fully saturated rings. The maximum absolute atomic E-state index is 11.4. The highest BCUT2D eigenvalue weighted by Crippen LogP contribution is 2.11. The van der Waals surface area contributed by atoms with Gasteiger partial charge in [-0.2, -0.15) is 0 Å². The van der Waals surface area contributed by atoms with E-state index >= 15 is 0 Å². The molecule has 1 aliphatic heterocycles. The van der Waals surface area contributed by atoms with Gasteiger partial charge in [-0.3, -0.25) is 4.79 Å². The van der Waals surface area contributed by atoms with Crippen molar-refractivity contribution >= 4 is 11.9 Å². The van der Waals surface area contributed by atoms with Crippen LogP contribution in [0.15, 0.2) is 0 Å². The van der Waals surface area contributed by atoms with Crippen molar-refractivity contribution in [2.75, 3.05) is 13.1 Å². The van der Waals surface area contributed by atoms with E-state index in [0.717, 1.165) is 0 Å². The second-order valence-electron chi connectivity index (χ2n) is 3.62. The fraction of sp³-hybridized carbons (Fsp3) is 0.778. The van der Waals surface area contributed by atoms with E-state index in [0.29, 0.717) is 0 Å². The Labute approximate surface area is 82.6 Å². The van der Waals surface area contributed by atoms with Gasteiger partial charge in [0.1, 0.15) is 6.10 Å². The van der Waals surface area contributed by atoms with Crippen LogP contribution in [-0.2, 0) is 9.53 Å². The first kappa shape index (κ1) is 11.0. The molecular weight excluding hydrogens is 186 g/mol. The molecule has 0 aromatic carbocycles. The molecule has 80 valence electrons. The van der Waals surface area contributed by atoms with E-state index in [-0.39, 0.29) is 31.4 Å². The fourth-order valence-electron chi connectivity index (χ4n) is 1.42. The Morgan fingerprint density at radius 2 is 2.29 bits per heavy atom. The Hall–Kier alpha value is -1.10. The van der Waals surface area contributed by atoms with Crippen LogP contribution < -0.4 is 0 Å². The number of likely N-dealkylation sites (tertiary alicyclic amines) is 1. The van der Waals surface area contributed by atoms with Crippen LogP contribution in [0.3, 0.4) is 0 Å². The summed E-state index contributed by atoms with van der Waals surface area (Å²) in [4.78, 5) is 23.2. The molecule has 0 bridgehead atoms. The molecule has 0 aromatic heterocycles. The molecule has 1 aliphatic rings. The number of hydrogen-bond donors (Lipinski definition) is 1. The SMILES string of the molecule is CC(C)OC1CN(C(=O)O)CCC1=O. The Kier molecular flexibility index (Phi) is 3.46. The number of nitrogens with zero attached hydrogens (tertiary/aromatic N) is 1. The van der Waals surface area contributed by atoms with Gasteiger partial charge >= 0.3 is 6.09 Å². The van der Waals surface area contributed by atoms with Gasteiger partial charge in [0.05, 0.1) is 12.6 Å². The largest absolute Gasteiger partial charge is 0.465 e. The van der Waals surface area contributed by atoms with Gasteiger partial charge in [-0.05, 0) is 13.8 Å². The molecule has 5 nitrogen and oxygen atoms in total. The Balaban J connectivity index is 2.55. The molecule has 1 unspecified atom stereocenters. The number of rotatable bonds is 2. The molecule has 0 radical (unpaired) electrons. The monoisotopic (exact) mass is 201 g/mol. The van der Waals surface area contributed by atoms with Gasteiger partial charge in [0.2, 0.25) is 0 Å². The summed E-state index contributed by atoms with van der Waals surface area (Å²) in [6.45, 7) is 4.10. The third-order valence-corrected chi connectivity index (χ3v) is 2.08. The lowest BCUT2D eigenvalue weighted by molar-refractivity contribution is -0.138. The van der Waals surface area contributed by atoms with Crippen LogP contribution in [-0.4, -0.2) is 47.2 Å². The molecule has 1 saturated heterocycles. The van der Waals surface area contributed by atoms with Gasteiger partial charge in [0.15, 0.2) is 5.78 Å². The third kappa shape index (κ3) is 2.70. The van der Waals surface area contributed by atoms with Gasteiger partial charge in [-0.25, -0.2) is 4.79 Å². The van der Waals surface area contributed by atoms with Crippen molar-refractivity contribution in [1.82, 2.24) is 4.90 Å². The second kappa shape index (κ2) is 4.41. The molecular formula is C9H15NO4. The van der Waals surface area contributed by atoms with Crippen LogP contribution in [0.4, 0.5) is 4.79 Å². The predicted molar refractivity (Wildman–Crippen MR) is 49.2 cm³/mol. The molecule has 1 atom stereocenters. The smallest absolute Gasteiger partial charge is 0.407 e. The number of carbonyl (C=O) groups is 2. The maximum atomic E-state index is 11.4. The van der Waals surface area contributed by atoms with Crippen LogP contribution in [0.1, 0.15) is 20.3 Å². The summed E-state index contributed by atoms with van der Waals surface area (Å²) >= 11 is 0. The lowest BCUT2D eigenvalue weighted by atomic mass is 10.1. The van der Waals surface area contributed by atoms with Gasteiger partial charge in [-0.15, -0.1) is 0 Å². The molecule has 0 aliphatic carbocycles. The van der Waals surface area contributed by atoms with E-state index in [4.69, 9.17) is 9.84 Å². The molecule has 0 aromatic rings. The van der Waals surface area contributed by atoms with Crippen molar-refractivity contribution in [3.8, 4) is 0 Å². The van der Waals surface area contributed by atoms with Gasteiger partial charge in [0, 0.05) is 13.0 Å². The number of piperidine rings is 1. The van der Waals surface area contributed by atoms with Crippen LogP contribution in [0.2, 0.25) is 0 Å². The lowest BCUT2D eigenvalue weighted by Crippen LogP contribution is -2.48. The topological polar surface area (TPSA) is 66.8 Å². The first-order valence-corrected chi connectivity index (χ1v) is 4.66. The van der Waals surface area contributed by atoms with Crippen molar-refractivity contribution in [1.29, 1.82) is 0 Å². The Morgan fingerprint density at radius 3 is 2.79 bits per heavy atom. The normalized spacial score (nSPS) is 22.9.